The maximum absolute atomic E-state index is 6.13. The Labute approximate surface area is 105 Å². The Kier molecular flexibility index (Phi) is 3.63. The molecule has 0 radical (unpaired) electrons. The predicted molar refractivity (Wildman–Crippen MR) is 70.2 cm³/mol. The number of aromatic nitrogens is 4. The highest BCUT2D eigenvalue weighted by atomic mass is 32.2. The van der Waals surface area contributed by atoms with Crippen LogP contribution < -0.4 is 5.73 Å². The van der Waals surface area contributed by atoms with Gasteiger partial charge < -0.3 is 5.73 Å². The highest BCUT2D eigenvalue weighted by molar-refractivity contribution is 7.98. The Hall–Kier alpha value is -1.14. The molecule has 0 amide bonds. The molecule has 17 heavy (non-hydrogen) atoms. The summed E-state index contributed by atoms with van der Waals surface area (Å²) in [6.07, 6.45) is 2.97. The number of hydrogen-bond acceptors (Lipinski definition) is 5. The summed E-state index contributed by atoms with van der Waals surface area (Å²) in [7, 11) is 0. The van der Waals surface area contributed by atoms with E-state index in [1.807, 2.05) is 24.3 Å². The summed E-state index contributed by atoms with van der Waals surface area (Å²) >= 11 is 1.79. The molecule has 5 nitrogen and oxygen atoms in total. The van der Waals surface area contributed by atoms with Crippen molar-refractivity contribution < 1.29 is 0 Å². The van der Waals surface area contributed by atoms with Crippen LogP contribution in [0.25, 0.3) is 5.78 Å². The lowest BCUT2D eigenvalue weighted by Gasteiger charge is -2.10. The number of nitrogens with two attached hydrogens (primary N) is 1. The van der Waals surface area contributed by atoms with E-state index in [9.17, 15) is 0 Å². The summed E-state index contributed by atoms with van der Waals surface area (Å²) in [4.78, 5) is 4.35. The normalized spacial score (nSPS) is 13.2. The summed E-state index contributed by atoms with van der Waals surface area (Å²) in [5, 5.41) is 8.25. The van der Waals surface area contributed by atoms with Gasteiger partial charge in [-0.3, -0.25) is 4.40 Å². The first-order valence-electron chi connectivity index (χ1n) is 5.57. The molecule has 2 aromatic heterocycles. The Morgan fingerprint density at radius 2 is 2.18 bits per heavy atom. The number of fused-ring (bicyclic) bond motifs is 1. The molecule has 2 heterocycles. The van der Waals surface area contributed by atoms with Crippen LogP contribution >= 0.6 is 11.8 Å². The van der Waals surface area contributed by atoms with Gasteiger partial charge in [0, 0.05) is 11.4 Å². The van der Waals surface area contributed by atoms with Crippen LogP contribution in [0.15, 0.2) is 6.07 Å². The third-order valence-corrected chi connectivity index (χ3v) is 3.33. The lowest BCUT2D eigenvalue weighted by molar-refractivity contribution is 0.642. The fourth-order valence-corrected chi connectivity index (χ4v) is 2.36. The van der Waals surface area contributed by atoms with Gasteiger partial charge in [0.05, 0.1) is 6.04 Å². The fraction of sp³-hybridized carbons (Fsp3) is 0.545. The lowest BCUT2D eigenvalue weighted by atomic mass is 10.2. The van der Waals surface area contributed by atoms with Crippen LogP contribution in [-0.4, -0.2) is 31.6 Å². The van der Waals surface area contributed by atoms with Crippen LogP contribution in [0.4, 0.5) is 0 Å². The van der Waals surface area contributed by atoms with Crippen LogP contribution in [-0.2, 0) is 0 Å². The molecule has 0 fully saturated rings. The summed E-state index contributed by atoms with van der Waals surface area (Å²) < 4.78 is 1.94. The van der Waals surface area contributed by atoms with Crippen LogP contribution in [0.1, 0.15) is 29.7 Å². The molecule has 0 aliphatic rings. The van der Waals surface area contributed by atoms with Crippen molar-refractivity contribution in [1.29, 1.82) is 0 Å². The zero-order valence-electron chi connectivity index (χ0n) is 10.3. The average Bonchev–Trinajstić information content (AvgIpc) is 2.69. The van der Waals surface area contributed by atoms with Crippen molar-refractivity contribution >= 4 is 17.5 Å². The van der Waals surface area contributed by atoms with Gasteiger partial charge in [0.15, 0.2) is 5.82 Å². The summed E-state index contributed by atoms with van der Waals surface area (Å²) in [5.74, 6) is 2.46. The lowest BCUT2D eigenvalue weighted by Crippen LogP contribution is -2.16. The predicted octanol–water partition coefficient (Wildman–Crippen LogP) is 1.49. The van der Waals surface area contributed by atoms with E-state index in [-0.39, 0.29) is 6.04 Å². The molecule has 1 unspecified atom stereocenters. The van der Waals surface area contributed by atoms with Crippen LogP contribution in [0.2, 0.25) is 0 Å². The van der Waals surface area contributed by atoms with E-state index in [0.29, 0.717) is 5.78 Å². The van der Waals surface area contributed by atoms with Crippen LogP contribution in [0.5, 0.6) is 0 Å². The first kappa shape index (κ1) is 12.3. The third-order valence-electron chi connectivity index (χ3n) is 2.68. The van der Waals surface area contributed by atoms with Gasteiger partial charge in [0.25, 0.3) is 5.78 Å². The molecule has 2 rings (SSSR count). The van der Waals surface area contributed by atoms with Crippen molar-refractivity contribution in [3.63, 3.8) is 0 Å². The maximum atomic E-state index is 6.13. The quantitative estimate of drug-likeness (QED) is 0.891. The summed E-state index contributed by atoms with van der Waals surface area (Å²) in [6.45, 7) is 3.98. The molecule has 1 atom stereocenters. The van der Waals surface area contributed by atoms with Crippen molar-refractivity contribution in [1.82, 2.24) is 19.6 Å². The second kappa shape index (κ2) is 5.01. The van der Waals surface area contributed by atoms with Gasteiger partial charge in [-0.25, -0.2) is 4.98 Å². The number of nitrogens with zero attached hydrogens (tertiary/aromatic N) is 4. The van der Waals surface area contributed by atoms with Gasteiger partial charge in [0.2, 0.25) is 0 Å². The van der Waals surface area contributed by atoms with Crippen LogP contribution in [0.3, 0.4) is 0 Å². The molecule has 0 aromatic carbocycles. The SMILES string of the molecule is CSCCC(N)c1nnc2nc(C)cc(C)n12. The molecule has 92 valence electrons. The smallest absolute Gasteiger partial charge is 0.255 e. The summed E-state index contributed by atoms with van der Waals surface area (Å²) in [5.41, 5.74) is 8.16. The number of rotatable bonds is 4. The molecule has 0 aliphatic carbocycles. The molecule has 0 spiro atoms. The van der Waals surface area contributed by atoms with Gasteiger partial charge in [-0.2, -0.15) is 11.8 Å². The molecular weight excluding hydrogens is 234 g/mol. The Balaban J connectivity index is 2.41. The standard InChI is InChI=1S/C11H17N5S/c1-7-6-8(2)16-10(9(12)4-5-17-3)14-15-11(16)13-7/h6,9H,4-5,12H2,1-3H3. The largest absolute Gasteiger partial charge is 0.321 e. The minimum Gasteiger partial charge on any atom is -0.321 e. The van der Waals surface area contributed by atoms with E-state index in [4.69, 9.17) is 5.73 Å². The summed E-state index contributed by atoms with van der Waals surface area (Å²) in [6, 6.07) is 1.93. The number of aryl methyl sites for hydroxylation is 2. The van der Waals surface area contributed by atoms with Crippen molar-refractivity contribution in [2.24, 2.45) is 5.73 Å². The van der Waals surface area contributed by atoms with Crippen molar-refractivity contribution in [3.8, 4) is 0 Å². The molecule has 2 aromatic rings. The molecule has 0 bridgehead atoms. The molecule has 6 heteroatoms. The van der Waals surface area contributed by atoms with Crippen molar-refractivity contribution in [3.05, 3.63) is 23.3 Å². The first-order valence-corrected chi connectivity index (χ1v) is 6.96. The zero-order chi connectivity index (χ0) is 12.4. The van der Waals surface area contributed by atoms with Crippen molar-refractivity contribution in [2.45, 2.75) is 26.3 Å². The fourth-order valence-electron chi connectivity index (χ4n) is 1.87. The second-order valence-corrected chi connectivity index (χ2v) is 5.11. The third kappa shape index (κ3) is 2.42. The average molecular weight is 251 g/mol. The second-order valence-electron chi connectivity index (χ2n) is 4.12. The van der Waals surface area contributed by atoms with Gasteiger partial charge >= 0.3 is 0 Å². The molecular formula is C11H17N5S. The Morgan fingerprint density at radius 1 is 1.41 bits per heavy atom. The van der Waals surface area contributed by atoms with Gasteiger partial charge in [-0.1, -0.05) is 0 Å². The highest BCUT2D eigenvalue weighted by Gasteiger charge is 2.15. The van der Waals surface area contributed by atoms with E-state index in [2.05, 4.69) is 21.4 Å². The number of thioether (sulfide) groups is 1. The van der Waals surface area contributed by atoms with Gasteiger partial charge in [0.1, 0.15) is 0 Å². The minimum atomic E-state index is -0.0827. The van der Waals surface area contributed by atoms with E-state index >= 15 is 0 Å². The zero-order valence-corrected chi connectivity index (χ0v) is 11.2. The van der Waals surface area contributed by atoms with Crippen molar-refractivity contribution in [2.75, 3.05) is 12.0 Å². The Morgan fingerprint density at radius 3 is 2.88 bits per heavy atom. The molecule has 0 saturated carbocycles. The first-order chi connectivity index (χ1) is 8.13. The molecule has 0 aliphatic heterocycles. The highest BCUT2D eigenvalue weighted by Crippen LogP contribution is 2.16. The minimum absolute atomic E-state index is 0.0827. The maximum Gasteiger partial charge on any atom is 0.255 e. The molecule has 0 saturated heterocycles. The topological polar surface area (TPSA) is 69.1 Å². The number of hydrogen-bond donors (Lipinski definition) is 1. The van der Waals surface area contributed by atoms with E-state index in [0.717, 1.165) is 29.4 Å². The molecule has 2 N–H and O–H groups in total. The Bertz CT molecular complexity index is 522. The van der Waals surface area contributed by atoms with Gasteiger partial charge in [-0.05, 0) is 38.3 Å². The van der Waals surface area contributed by atoms with Gasteiger partial charge in [-0.15, -0.1) is 10.2 Å². The van der Waals surface area contributed by atoms with E-state index in [1.165, 1.54) is 0 Å². The van der Waals surface area contributed by atoms with E-state index in [1.54, 1.807) is 11.8 Å². The monoisotopic (exact) mass is 251 g/mol. The van der Waals surface area contributed by atoms with E-state index < -0.39 is 0 Å². The van der Waals surface area contributed by atoms with Crippen LogP contribution in [0, 0.1) is 13.8 Å².